The highest BCUT2D eigenvalue weighted by Crippen LogP contribution is 2.21. The summed E-state index contributed by atoms with van der Waals surface area (Å²) in [5.41, 5.74) is 7.46. The van der Waals surface area contributed by atoms with E-state index in [9.17, 15) is 0 Å². The number of benzene rings is 1. The molecule has 0 radical (unpaired) electrons. The van der Waals surface area contributed by atoms with Crippen molar-refractivity contribution in [3.8, 4) is 5.75 Å². The molecule has 1 heterocycles. The van der Waals surface area contributed by atoms with Gasteiger partial charge in [-0.3, -0.25) is 0 Å². The van der Waals surface area contributed by atoms with Crippen molar-refractivity contribution in [1.82, 2.24) is 9.66 Å². The predicted molar refractivity (Wildman–Crippen MR) is 75.1 cm³/mol. The number of hydrogen-bond acceptors (Lipinski definition) is 4. The van der Waals surface area contributed by atoms with Gasteiger partial charge in [-0.1, -0.05) is 0 Å². The number of hydrogen-bond donors (Lipinski definition) is 1. The molecule has 0 bridgehead atoms. The number of nitrogen functional groups attached to an aromatic ring is 1. The van der Waals surface area contributed by atoms with Crippen LogP contribution in [0.3, 0.4) is 0 Å². The number of methoxy groups -OCH3 is 1. The van der Waals surface area contributed by atoms with E-state index in [1.54, 1.807) is 19.5 Å². The van der Waals surface area contributed by atoms with Gasteiger partial charge in [0.2, 0.25) is 5.95 Å². The molecule has 0 aliphatic carbocycles. The molecule has 0 amide bonds. The Labute approximate surface area is 113 Å². The molecule has 18 heavy (non-hydrogen) atoms. The maximum absolute atomic E-state index is 5.70. The third-order valence-corrected chi connectivity index (χ3v) is 3.05. The van der Waals surface area contributed by atoms with Gasteiger partial charge in [-0.05, 0) is 41.1 Å². The maximum atomic E-state index is 5.70. The van der Waals surface area contributed by atoms with Crippen LogP contribution in [0.4, 0.5) is 5.95 Å². The maximum Gasteiger partial charge on any atom is 0.221 e. The molecule has 0 saturated heterocycles. The molecule has 6 heteroatoms. The highest BCUT2D eigenvalue weighted by molar-refractivity contribution is 9.10. The fraction of sp³-hybridized carbons (Fsp3) is 0.167. The first-order valence-electron chi connectivity index (χ1n) is 5.29. The number of nitrogens with zero attached hydrogens (tertiary/aromatic N) is 3. The lowest BCUT2D eigenvalue weighted by molar-refractivity contribution is 0.414. The molecule has 0 atom stereocenters. The van der Waals surface area contributed by atoms with Crippen LogP contribution in [0.2, 0.25) is 0 Å². The molecular weight excluding hydrogens is 296 g/mol. The Balaban J connectivity index is 2.26. The average molecular weight is 309 g/mol. The fourth-order valence-corrected chi connectivity index (χ4v) is 1.92. The molecule has 0 aliphatic rings. The molecule has 0 saturated carbocycles. The fourth-order valence-electron chi connectivity index (χ4n) is 1.46. The van der Waals surface area contributed by atoms with Crippen LogP contribution < -0.4 is 10.5 Å². The molecule has 2 N–H and O–H groups in total. The molecule has 94 valence electrons. The first-order valence-corrected chi connectivity index (χ1v) is 6.09. The zero-order chi connectivity index (χ0) is 13.1. The molecule has 0 spiro atoms. The summed E-state index contributed by atoms with van der Waals surface area (Å²) in [6.07, 6.45) is 3.48. The lowest BCUT2D eigenvalue weighted by Crippen LogP contribution is -1.97. The second-order valence-corrected chi connectivity index (χ2v) is 4.57. The van der Waals surface area contributed by atoms with Gasteiger partial charge >= 0.3 is 0 Å². The van der Waals surface area contributed by atoms with Crippen molar-refractivity contribution in [3.63, 3.8) is 0 Å². The second-order valence-electron chi connectivity index (χ2n) is 3.72. The van der Waals surface area contributed by atoms with Crippen LogP contribution in [0, 0.1) is 6.92 Å². The van der Waals surface area contributed by atoms with Gasteiger partial charge in [0, 0.05) is 10.0 Å². The molecule has 2 rings (SSSR count). The summed E-state index contributed by atoms with van der Waals surface area (Å²) in [7, 11) is 1.63. The Kier molecular flexibility index (Phi) is 3.66. The van der Waals surface area contributed by atoms with Crippen molar-refractivity contribution < 1.29 is 4.74 Å². The molecule has 0 fully saturated rings. The van der Waals surface area contributed by atoms with Crippen molar-refractivity contribution in [2.45, 2.75) is 6.92 Å². The number of aromatic nitrogens is 2. The number of rotatable bonds is 3. The average Bonchev–Trinajstić information content (AvgIpc) is 2.66. The number of nitrogens with two attached hydrogens (primary N) is 1. The van der Waals surface area contributed by atoms with E-state index < -0.39 is 0 Å². The van der Waals surface area contributed by atoms with E-state index >= 15 is 0 Å². The minimum absolute atomic E-state index is 0.369. The first-order chi connectivity index (χ1) is 8.60. The van der Waals surface area contributed by atoms with Crippen LogP contribution in [0.5, 0.6) is 5.75 Å². The van der Waals surface area contributed by atoms with E-state index in [0.717, 1.165) is 21.5 Å². The topological polar surface area (TPSA) is 65.4 Å². The number of ether oxygens (including phenoxy) is 1. The zero-order valence-electron chi connectivity index (χ0n) is 10.1. The molecular formula is C12H13BrN4O. The molecule has 2 aromatic rings. The van der Waals surface area contributed by atoms with Crippen LogP contribution in [0.15, 0.2) is 34.0 Å². The standard InChI is InChI=1S/C12H13BrN4O/c1-8-7-17(12(14)16-8)15-6-9-3-4-10(18-2)5-11(9)13/h3-7H,1-2H3,(H2,14,16). The van der Waals surface area contributed by atoms with Crippen LogP contribution >= 0.6 is 15.9 Å². The quantitative estimate of drug-likeness (QED) is 0.886. The van der Waals surface area contributed by atoms with E-state index in [1.165, 1.54) is 4.68 Å². The van der Waals surface area contributed by atoms with Gasteiger partial charge < -0.3 is 10.5 Å². The van der Waals surface area contributed by atoms with E-state index in [-0.39, 0.29) is 0 Å². The summed E-state index contributed by atoms with van der Waals surface area (Å²) >= 11 is 3.46. The van der Waals surface area contributed by atoms with Gasteiger partial charge in [0.15, 0.2) is 0 Å². The van der Waals surface area contributed by atoms with Gasteiger partial charge in [-0.2, -0.15) is 5.10 Å². The summed E-state index contributed by atoms with van der Waals surface area (Å²) in [6, 6.07) is 5.66. The molecule has 0 aliphatic heterocycles. The third-order valence-electron chi connectivity index (χ3n) is 2.36. The monoisotopic (exact) mass is 308 g/mol. The Bertz CT molecular complexity index is 592. The number of imidazole rings is 1. The van der Waals surface area contributed by atoms with Gasteiger partial charge in [0.25, 0.3) is 0 Å². The molecule has 1 aromatic heterocycles. The van der Waals surface area contributed by atoms with Gasteiger partial charge in [0.1, 0.15) is 5.75 Å². The smallest absolute Gasteiger partial charge is 0.221 e. The molecule has 5 nitrogen and oxygen atoms in total. The lowest BCUT2D eigenvalue weighted by atomic mass is 10.2. The van der Waals surface area contributed by atoms with Crippen molar-refractivity contribution in [1.29, 1.82) is 0 Å². The third kappa shape index (κ3) is 2.70. The highest BCUT2D eigenvalue weighted by Gasteiger charge is 2.01. The summed E-state index contributed by atoms with van der Waals surface area (Å²) in [5, 5.41) is 4.25. The molecule has 0 unspecified atom stereocenters. The minimum atomic E-state index is 0.369. The number of halogens is 1. The summed E-state index contributed by atoms with van der Waals surface area (Å²) in [4.78, 5) is 4.07. The Morgan fingerprint density at radius 1 is 1.50 bits per heavy atom. The minimum Gasteiger partial charge on any atom is -0.497 e. The van der Waals surface area contributed by atoms with Gasteiger partial charge in [0.05, 0.1) is 25.2 Å². The van der Waals surface area contributed by atoms with E-state index in [2.05, 4.69) is 26.0 Å². The molecule has 1 aromatic carbocycles. The van der Waals surface area contributed by atoms with E-state index in [1.807, 2.05) is 25.1 Å². The Hall–Kier alpha value is -1.82. The van der Waals surface area contributed by atoms with Crippen molar-refractivity contribution in [3.05, 3.63) is 40.1 Å². The van der Waals surface area contributed by atoms with Crippen LogP contribution in [-0.4, -0.2) is 23.0 Å². The second kappa shape index (κ2) is 5.22. The summed E-state index contributed by atoms with van der Waals surface area (Å²) in [6.45, 7) is 1.87. The van der Waals surface area contributed by atoms with E-state index in [0.29, 0.717) is 5.95 Å². The van der Waals surface area contributed by atoms with Crippen LogP contribution in [0.25, 0.3) is 0 Å². The normalized spacial score (nSPS) is 11.1. The van der Waals surface area contributed by atoms with Gasteiger partial charge in [-0.25, -0.2) is 9.66 Å². The van der Waals surface area contributed by atoms with Crippen molar-refractivity contribution >= 4 is 28.1 Å². The zero-order valence-corrected chi connectivity index (χ0v) is 11.7. The van der Waals surface area contributed by atoms with Crippen LogP contribution in [-0.2, 0) is 0 Å². The van der Waals surface area contributed by atoms with E-state index in [4.69, 9.17) is 10.5 Å². The van der Waals surface area contributed by atoms with Crippen molar-refractivity contribution in [2.24, 2.45) is 5.10 Å². The van der Waals surface area contributed by atoms with Crippen LogP contribution in [0.1, 0.15) is 11.3 Å². The summed E-state index contributed by atoms with van der Waals surface area (Å²) in [5.74, 6) is 1.16. The summed E-state index contributed by atoms with van der Waals surface area (Å²) < 4.78 is 7.56. The van der Waals surface area contributed by atoms with Crippen molar-refractivity contribution in [2.75, 3.05) is 12.8 Å². The van der Waals surface area contributed by atoms with Gasteiger partial charge in [-0.15, -0.1) is 0 Å². The number of aryl methyl sites for hydroxylation is 1. The first kappa shape index (κ1) is 12.6. The Morgan fingerprint density at radius 3 is 2.83 bits per heavy atom. The lowest BCUT2D eigenvalue weighted by Gasteiger charge is -2.02. The Morgan fingerprint density at radius 2 is 2.28 bits per heavy atom. The number of anilines is 1. The predicted octanol–water partition coefficient (Wildman–Crippen LogP) is 2.43. The largest absolute Gasteiger partial charge is 0.497 e. The SMILES string of the molecule is COc1ccc(C=Nn2cc(C)nc2N)c(Br)c1. The highest BCUT2D eigenvalue weighted by atomic mass is 79.9.